The minimum atomic E-state index is -1.26. The third-order valence-electron chi connectivity index (χ3n) is 5.27. The number of nitrogens with one attached hydrogen (secondary N) is 3. The molecule has 8 N–H and O–H groups in total. The quantitative estimate of drug-likeness (QED) is 0.158. The molecule has 0 radical (unpaired) electrons. The van der Waals surface area contributed by atoms with Gasteiger partial charge in [0, 0.05) is 37.0 Å². The van der Waals surface area contributed by atoms with Gasteiger partial charge in [-0.05, 0) is 19.3 Å². The fraction of sp³-hybridized carbons (Fsp3) is 0.579. The Hall–Kier alpha value is -3.13. The molecule has 2 rings (SSSR count). The number of nitrogens with zero attached hydrogens (tertiary/aromatic N) is 2. The van der Waals surface area contributed by atoms with Gasteiger partial charge in [-0.25, -0.2) is 9.78 Å². The summed E-state index contributed by atoms with van der Waals surface area (Å²) in [5.74, 6) is -3.75. The van der Waals surface area contributed by atoms with Crippen molar-refractivity contribution in [2.75, 3.05) is 12.3 Å². The Labute approximate surface area is 195 Å². The van der Waals surface area contributed by atoms with Gasteiger partial charge in [0.05, 0.1) is 12.4 Å². The number of aromatic nitrogens is 2. The number of amides is 4. The highest BCUT2D eigenvalue weighted by Gasteiger charge is 2.38. The summed E-state index contributed by atoms with van der Waals surface area (Å²) in [5, 5.41) is 14.1. The Morgan fingerprint density at radius 2 is 2.00 bits per heavy atom. The molecule has 0 bridgehead atoms. The molecule has 33 heavy (non-hydrogen) atoms. The summed E-state index contributed by atoms with van der Waals surface area (Å²) in [5.41, 5.74) is 11.5. The molecule has 4 unspecified atom stereocenters. The Bertz CT molecular complexity index is 865. The Kier molecular flexibility index (Phi) is 9.66. The molecular formula is C19H29N7O6S. The van der Waals surface area contributed by atoms with Crippen molar-refractivity contribution in [3.63, 3.8) is 0 Å². The Balaban J connectivity index is 2.11. The lowest BCUT2D eigenvalue weighted by Crippen LogP contribution is -2.57. The second kappa shape index (κ2) is 12.2. The van der Waals surface area contributed by atoms with E-state index in [0.717, 1.165) is 0 Å². The van der Waals surface area contributed by atoms with E-state index in [2.05, 4.69) is 33.2 Å². The second-order valence-electron chi connectivity index (χ2n) is 7.73. The van der Waals surface area contributed by atoms with Crippen LogP contribution in [0.25, 0.3) is 0 Å². The summed E-state index contributed by atoms with van der Waals surface area (Å²) in [6.07, 6.45) is 3.84. The first-order valence-electron chi connectivity index (χ1n) is 10.4. The standard InChI is InChI=1S/C19H29N7O6S/c20-11(3-4-15(21)27)18(30)26-5-1-2-14(26)17(29)24-12(6-10-7-22-9-23-10)16(28)25-13(8-33)19(31)32/h7,9,11-14,33H,1-6,8,20H2,(H2,21,27)(H,22,23)(H,24,29)(H,25,28)(H,31,32). The molecule has 0 spiro atoms. The van der Waals surface area contributed by atoms with Crippen LogP contribution in [0.5, 0.6) is 0 Å². The largest absolute Gasteiger partial charge is 0.480 e. The van der Waals surface area contributed by atoms with Gasteiger partial charge in [-0.1, -0.05) is 0 Å². The van der Waals surface area contributed by atoms with Crippen LogP contribution in [0.2, 0.25) is 0 Å². The van der Waals surface area contributed by atoms with Gasteiger partial charge in [0.1, 0.15) is 18.1 Å². The summed E-state index contributed by atoms with van der Waals surface area (Å²) in [4.78, 5) is 68.8. The first-order chi connectivity index (χ1) is 15.6. The molecule has 1 aromatic rings. The van der Waals surface area contributed by atoms with Crippen LogP contribution in [0, 0.1) is 0 Å². The average molecular weight is 484 g/mol. The van der Waals surface area contributed by atoms with Crippen molar-refractivity contribution in [3.05, 3.63) is 18.2 Å². The molecule has 2 heterocycles. The summed E-state index contributed by atoms with van der Waals surface area (Å²) < 4.78 is 0. The molecule has 13 nitrogen and oxygen atoms in total. The third-order valence-corrected chi connectivity index (χ3v) is 5.63. The van der Waals surface area contributed by atoms with Crippen molar-refractivity contribution in [2.45, 2.75) is 56.3 Å². The van der Waals surface area contributed by atoms with Crippen molar-refractivity contribution < 1.29 is 29.1 Å². The number of carboxylic acids is 1. The number of carbonyl (C=O) groups is 5. The number of aromatic amines is 1. The SMILES string of the molecule is NC(=O)CCC(N)C(=O)N1CCCC1C(=O)NC(Cc1cnc[nH]1)C(=O)NC(CS)C(=O)O. The molecule has 0 aromatic carbocycles. The highest BCUT2D eigenvalue weighted by molar-refractivity contribution is 7.80. The van der Waals surface area contributed by atoms with Crippen LogP contribution in [0.3, 0.4) is 0 Å². The predicted molar refractivity (Wildman–Crippen MR) is 119 cm³/mol. The molecule has 1 saturated heterocycles. The van der Waals surface area contributed by atoms with Crippen molar-refractivity contribution in [1.29, 1.82) is 0 Å². The predicted octanol–water partition coefficient (Wildman–Crippen LogP) is -2.48. The molecule has 0 aliphatic carbocycles. The number of imidazole rings is 1. The highest BCUT2D eigenvalue weighted by atomic mass is 32.1. The number of primary amides is 1. The number of likely N-dealkylation sites (tertiary alicyclic amines) is 1. The fourth-order valence-electron chi connectivity index (χ4n) is 3.49. The average Bonchev–Trinajstić information content (AvgIpc) is 3.46. The Morgan fingerprint density at radius 1 is 1.27 bits per heavy atom. The minimum Gasteiger partial charge on any atom is -0.480 e. The number of carboxylic acid groups (broad SMARTS) is 1. The van der Waals surface area contributed by atoms with E-state index in [1.165, 1.54) is 17.4 Å². The molecule has 14 heteroatoms. The van der Waals surface area contributed by atoms with E-state index in [9.17, 15) is 29.1 Å². The second-order valence-corrected chi connectivity index (χ2v) is 8.09. The van der Waals surface area contributed by atoms with Crippen molar-refractivity contribution in [3.8, 4) is 0 Å². The molecule has 0 saturated carbocycles. The summed E-state index contributed by atoms with van der Waals surface area (Å²) in [7, 11) is 0. The van der Waals surface area contributed by atoms with Gasteiger partial charge in [0.2, 0.25) is 23.6 Å². The Morgan fingerprint density at radius 3 is 2.58 bits per heavy atom. The first-order valence-corrected chi connectivity index (χ1v) is 11.0. The molecule has 182 valence electrons. The van der Waals surface area contributed by atoms with Crippen LogP contribution < -0.4 is 22.1 Å². The maximum Gasteiger partial charge on any atom is 0.327 e. The molecular weight excluding hydrogens is 454 g/mol. The van der Waals surface area contributed by atoms with Crippen LogP contribution >= 0.6 is 12.6 Å². The van der Waals surface area contributed by atoms with E-state index in [0.29, 0.717) is 25.1 Å². The fourth-order valence-corrected chi connectivity index (χ4v) is 3.74. The molecule has 4 atom stereocenters. The van der Waals surface area contributed by atoms with Crippen LogP contribution in [0.15, 0.2) is 12.5 Å². The van der Waals surface area contributed by atoms with Gasteiger partial charge in [-0.15, -0.1) is 0 Å². The number of carbonyl (C=O) groups excluding carboxylic acids is 4. The zero-order valence-electron chi connectivity index (χ0n) is 17.9. The summed E-state index contributed by atoms with van der Waals surface area (Å²) in [6, 6.07) is -4.20. The molecule has 1 aliphatic heterocycles. The first kappa shape index (κ1) is 26.1. The highest BCUT2D eigenvalue weighted by Crippen LogP contribution is 2.19. The minimum absolute atomic E-state index is 0.0231. The third kappa shape index (κ3) is 7.46. The van der Waals surface area contributed by atoms with Gasteiger partial charge in [-0.2, -0.15) is 12.6 Å². The summed E-state index contributed by atoms with van der Waals surface area (Å²) >= 11 is 3.93. The van der Waals surface area contributed by atoms with Gasteiger partial charge < -0.3 is 37.1 Å². The number of thiol groups is 1. The van der Waals surface area contributed by atoms with E-state index >= 15 is 0 Å². The number of nitrogens with two attached hydrogens (primary N) is 2. The summed E-state index contributed by atoms with van der Waals surface area (Å²) in [6.45, 7) is 0.305. The number of hydrogen-bond donors (Lipinski definition) is 7. The molecule has 1 aliphatic rings. The van der Waals surface area contributed by atoms with Crippen molar-refractivity contribution in [2.24, 2.45) is 11.5 Å². The van der Waals surface area contributed by atoms with Crippen LogP contribution in [-0.4, -0.2) is 86.0 Å². The van der Waals surface area contributed by atoms with E-state index in [-0.39, 0.29) is 25.0 Å². The zero-order valence-corrected chi connectivity index (χ0v) is 18.8. The topological polar surface area (TPSA) is 214 Å². The van der Waals surface area contributed by atoms with E-state index < -0.39 is 53.8 Å². The van der Waals surface area contributed by atoms with E-state index in [4.69, 9.17) is 11.5 Å². The van der Waals surface area contributed by atoms with Gasteiger partial charge in [-0.3, -0.25) is 19.2 Å². The zero-order chi connectivity index (χ0) is 24.5. The van der Waals surface area contributed by atoms with E-state index in [1.807, 2.05) is 0 Å². The van der Waals surface area contributed by atoms with Gasteiger partial charge in [0.15, 0.2) is 0 Å². The number of H-pyrrole nitrogens is 1. The lowest BCUT2D eigenvalue weighted by Gasteiger charge is -2.28. The lowest BCUT2D eigenvalue weighted by molar-refractivity contribution is -0.142. The lowest BCUT2D eigenvalue weighted by atomic mass is 10.1. The van der Waals surface area contributed by atoms with Crippen LogP contribution in [0.1, 0.15) is 31.4 Å². The van der Waals surface area contributed by atoms with Crippen LogP contribution in [0.4, 0.5) is 0 Å². The van der Waals surface area contributed by atoms with Gasteiger partial charge in [0.25, 0.3) is 0 Å². The monoisotopic (exact) mass is 483 g/mol. The van der Waals surface area contributed by atoms with Crippen molar-refractivity contribution >= 4 is 42.2 Å². The maximum atomic E-state index is 13.0. The van der Waals surface area contributed by atoms with Crippen molar-refractivity contribution in [1.82, 2.24) is 25.5 Å². The maximum absolute atomic E-state index is 13.0. The van der Waals surface area contributed by atoms with Gasteiger partial charge >= 0.3 is 5.97 Å². The number of aliphatic carboxylic acids is 1. The number of rotatable bonds is 12. The molecule has 1 fully saturated rings. The number of hydrogen-bond acceptors (Lipinski definition) is 8. The molecule has 1 aromatic heterocycles. The normalized spacial score (nSPS) is 18.2. The smallest absolute Gasteiger partial charge is 0.327 e. The van der Waals surface area contributed by atoms with E-state index in [1.54, 1.807) is 0 Å². The molecule has 4 amide bonds. The van der Waals surface area contributed by atoms with Crippen LogP contribution in [-0.2, 0) is 30.4 Å².